The minimum absolute atomic E-state index is 0.0678. The van der Waals surface area contributed by atoms with Crippen LogP contribution in [0.25, 0.3) is 0 Å². The summed E-state index contributed by atoms with van der Waals surface area (Å²) in [6.07, 6.45) is 2.67. The maximum atomic E-state index is 13.5. The smallest absolute Gasteiger partial charge is 0.243 e. The number of rotatable bonds is 5. The Kier molecular flexibility index (Phi) is 4.03. The molecule has 1 atom stereocenters. The Hall–Kier alpha value is -0.980. The third-order valence-electron chi connectivity index (χ3n) is 4.15. The number of ether oxygens (including phenoxy) is 1. The Labute approximate surface area is 125 Å². The maximum Gasteiger partial charge on any atom is 0.243 e. The van der Waals surface area contributed by atoms with Crippen molar-refractivity contribution in [2.75, 3.05) is 19.8 Å². The highest BCUT2D eigenvalue weighted by Crippen LogP contribution is 2.34. The average Bonchev–Trinajstić information content (AvgIpc) is 3.14. The van der Waals surface area contributed by atoms with E-state index in [1.54, 1.807) is 11.2 Å². The topological polar surface area (TPSA) is 46.6 Å². The predicted octanol–water partition coefficient (Wildman–Crippen LogP) is 2.32. The van der Waals surface area contributed by atoms with E-state index in [-0.39, 0.29) is 16.9 Å². The number of hydrogen-bond acceptors (Lipinski definition) is 3. The summed E-state index contributed by atoms with van der Waals surface area (Å²) in [5.74, 6) is -0.270. The first-order valence-electron chi connectivity index (χ1n) is 7.34. The van der Waals surface area contributed by atoms with Crippen LogP contribution in [0.1, 0.15) is 24.8 Å². The molecule has 6 heteroatoms. The second-order valence-electron chi connectivity index (χ2n) is 5.95. The Balaban J connectivity index is 1.91. The second-order valence-corrected chi connectivity index (χ2v) is 7.80. The zero-order valence-electron chi connectivity index (χ0n) is 12.1. The molecular weight excluding hydrogens is 293 g/mol. The first-order chi connectivity index (χ1) is 9.98. The van der Waals surface area contributed by atoms with Crippen molar-refractivity contribution >= 4 is 10.0 Å². The quantitative estimate of drug-likeness (QED) is 0.838. The van der Waals surface area contributed by atoms with E-state index < -0.39 is 15.8 Å². The van der Waals surface area contributed by atoms with E-state index in [1.807, 2.05) is 0 Å². The van der Waals surface area contributed by atoms with Gasteiger partial charge in [-0.15, -0.1) is 0 Å². The minimum Gasteiger partial charge on any atom is -0.381 e. The van der Waals surface area contributed by atoms with Gasteiger partial charge in [0.15, 0.2) is 0 Å². The van der Waals surface area contributed by atoms with Gasteiger partial charge in [0.1, 0.15) is 5.82 Å². The van der Waals surface area contributed by atoms with E-state index in [4.69, 9.17) is 4.74 Å². The normalized spacial score (nSPS) is 22.9. The Bertz CT molecular complexity index is 622. The average molecular weight is 313 g/mol. The van der Waals surface area contributed by atoms with E-state index >= 15 is 0 Å². The van der Waals surface area contributed by atoms with Gasteiger partial charge in [-0.3, -0.25) is 0 Å². The van der Waals surface area contributed by atoms with Crippen LogP contribution in [0.4, 0.5) is 4.39 Å². The van der Waals surface area contributed by atoms with E-state index in [1.165, 1.54) is 12.1 Å². The van der Waals surface area contributed by atoms with Crippen LogP contribution in [-0.4, -0.2) is 38.5 Å². The van der Waals surface area contributed by atoms with Crippen molar-refractivity contribution in [1.82, 2.24) is 4.31 Å². The number of benzene rings is 1. The van der Waals surface area contributed by atoms with Gasteiger partial charge >= 0.3 is 0 Å². The lowest BCUT2D eigenvalue weighted by molar-refractivity contribution is 0.180. The summed E-state index contributed by atoms with van der Waals surface area (Å²) in [4.78, 5) is 0.0910. The van der Waals surface area contributed by atoms with Crippen molar-refractivity contribution in [3.63, 3.8) is 0 Å². The van der Waals surface area contributed by atoms with E-state index in [0.29, 0.717) is 25.3 Å². The predicted molar refractivity (Wildman–Crippen MR) is 77.0 cm³/mol. The van der Waals surface area contributed by atoms with Gasteiger partial charge in [-0.2, -0.15) is 4.31 Å². The molecule has 4 nitrogen and oxygen atoms in total. The van der Waals surface area contributed by atoms with Gasteiger partial charge in [0.2, 0.25) is 10.0 Å². The number of sulfonamides is 1. The molecule has 0 radical (unpaired) electrons. The Morgan fingerprint density at radius 2 is 2.10 bits per heavy atom. The van der Waals surface area contributed by atoms with Crippen LogP contribution in [0.5, 0.6) is 0 Å². The largest absolute Gasteiger partial charge is 0.381 e. The molecule has 0 bridgehead atoms. The molecule has 1 aromatic rings. The molecule has 1 unspecified atom stereocenters. The van der Waals surface area contributed by atoms with E-state index in [2.05, 4.69) is 0 Å². The van der Waals surface area contributed by atoms with Crippen molar-refractivity contribution in [3.05, 3.63) is 29.6 Å². The minimum atomic E-state index is -3.64. The van der Waals surface area contributed by atoms with Crippen LogP contribution >= 0.6 is 0 Å². The van der Waals surface area contributed by atoms with Gasteiger partial charge in [-0.1, -0.05) is 6.07 Å². The van der Waals surface area contributed by atoms with Crippen molar-refractivity contribution in [2.45, 2.75) is 37.1 Å². The lowest BCUT2D eigenvalue weighted by atomic mass is 10.1. The standard InChI is InChI=1S/C15H20FNO3S/c1-11-2-3-13(16)8-15(11)21(18,19)17(14-4-5-14)9-12-6-7-20-10-12/h2-3,8,12,14H,4-7,9-10H2,1H3. The number of halogens is 1. The number of nitrogens with zero attached hydrogens (tertiary/aromatic N) is 1. The molecule has 2 aliphatic rings. The molecule has 1 aliphatic heterocycles. The van der Waals surface area contributed by atoms with Gasteiger partial charge in [0.25, 0.3) is 0 Å². The number of aryl methyl sites for hydroxylation is 1. The van der Waals surface area contributed by atoms with Gasteiger partial charge < -0.3 is 4.74 Å². The Morgan fingerprint density at radius 1 is 1.33 bits per heavy atom. The first kappa shape index (κ1) is 14.9. The summed E-state index contributed by atoms with van der Waals surface area (Å²) in [5, 5.41) is 0. The monoisotopic (exact) mass is 313 g/mol. The summed E-state index contributed by atoms with van der Waals surface area (Å²) in [6.45, 7) is 3.49. The van der Waals surface area contributed by atoms with Gasteiger partial charge in [-0.05, 0) is 49.8 Å². The summed E-state index contributed by atoms with van der Waals surface area (Å²) in [6, 6.07) is 4.01. The van der Waals surface area contributed by atoms with Crippen LogP contribution in [0.15, 0.2) is 23.1 Å². The molecule has 1 saturated heterocycles. The van der Waals surface area contributed by atoms with Gasteiger partial charge in [-0.25, -0.2) is 12.8 Å². The third-order valence-corrected chi connectivity index (χ3v) is 6.21. The SMILES string of the molecule is Cc1ccc(F)cc1S(=O)(=O)N(CC1CCOC1)C1CC1. The fraction of sp³-hybridized carbons (Fsp3) is 0.600. The van der Waals surface area contributed by atoms with Crippen LogP contribution < -0.4 is 0 Å². The van der Waals surface area contributed by atoms with Crippen LogP contribution in [-0.2, 0) is 14.8 Å². The summed E-state index contributed by atoms with van der Waals surface area (Å²) in [7, 11) is -3.64. The second kappa shape index (κ2) is 5.66. The Morgan fingerprint density at radius 3 is 2.71 bits per heavy atom. The molecule has 0 spiro atoms. The fourth-order valence-electron chi connectivity index (χ4n) is 2.77. The molecule has 1 saturated carbocycles. The fourth-order valence-corrected chi connectivity index (χ4v) is 4.77. The molecule has 116 valence electrons. The van der Waals surface area contributed by atoms with Gasteiger partial charge in [0, 0.05) is 19.2 Å². The highest BCUT2D eigenvalue weighted by Gasteiger charge is 2.40. The highest BCUT2D eigenvalue weighted by molar-refractivity contribution is 7.89. The van der Waals surface area contributed by atoms with E-state index in [9.17, 15) is 12.8 Å². The highest BCUT2D eigenvalue weighted by atomic mass is 32.2. The molecule has 2 fully saturated rings. The van der Waals surface area contributed by atoms with Gasteiger partial charge in [0.05, 0.1) is 11.5 Å². The lowest BCUT2D eigenvalue weighted by Gasteiger charge is -2.25. The molecule has 1 aromatic carbocycles. The molecule has 0 N–H and O–H groups in total. The zero-order valence-corrected chi connectivity index (χ0v) is 12.9. The lowest BCUT2D eigenvalue weighted by Crippen LogP contribution is -2.37. The van der Waals surface area contributed by atoms with Crippen LogP contribution in [0.3, 0.4) is 0 Å². The summed E-state index contributed by atoms with van der Waals surface area (Å²) >= 11 is 0. The first-order valence-corrected chi connectivity index (χ1v) is 8.78. The zero-order chi connectivity index (χ0) is 15.0. The maximum absolute atomic E-state index is 13.5. The van der Waals surface area contributed by atoms with Crippen molar-refractivity contribution < 1.29 is 17.5 Å². The molecule has 0 aromatic heterocycles. The van der Waals surface area contributed by atoms with Crippen molar-refractivity contribution in [2.24, 2.45) is 5.92 Å². The molecule has 21 heavy (non-hydrogen) atoms. The molecule has 1 aliphatic carbocycles. The molecular formula is C15H20FNO3S. The van der Waals surface area contributed by atoms with Crippen molar-refractivity contribution in [1.29, 1.82) is 0 Å². The third kappa shape index (κ3) is 3.12. The summed E-state index contributed by atoms with van der Waals surface area (Å²) in [5.41, 5.74) is 0.588. The molecule has 1 heterocycles. The van der Waals surface area contributed by atoms with Crippen LogP contribution in [0, 0.1) is 18.7 Å². The number of hydrogen-bond donors (Lipinski definition) is 0. The molecule has 0 amide bonds. The molecule has 3 rings (SSSR count). The van der Waals surface area contributed by atoms with E-state index in [0.717, 1.165) is 25.3 Å². The van der Waals surface area contributed by atoms with Crippen molar-refractivity contribution in [3.8, 4) is 0 Å². The van der Waals surface area contributed by atoms with Crippen LogP contribution in [0.2, 0.25) is 0 Å². The summed E-state index contributed by atoms with van der Waals surface area (Å²) < 4.78 is 46.1.